The van der Waals surface area contributed by atoms with Crippen LogP contribution >= 0.6 is 0 Å². The van der Waals surface area contributed by atoms with Gasteiger partial charge in [0.25, 0.3) is 0 Å². The van der Waals surface area contributed by atoms with Crippen molar-refractivity contribution in [1.82, 2.24) is 20.9 Å². The number of carboxylic acids is 1. The number of nitrogens with zero attached hydrogens (tertiary/aromatic N) is 1. The number of carbonyl (C=O) groups is 6. The summed E-state index contributed by atoms with van der Waals surface area (Å²) in [5.41, 5.74) is 1.83. The monoisotopic (exact) mass is 715 g/mol. The standard InChI is InChI=1S/C38H45N5O9/c1-25(2)21-30(40-33(44)23-27-13-15-28(16-14-27)39-38(50)52-29-11-7-4-8-12-29)35(47)41-31(24-34(45)46)36(48)42-32(22-26-9-5-3-6-10-26)37(49)43-17-19-51-20-18-43/h3-16,25,30-32H,17-24H2,1-2H3,(H,39,50)(H,40,44)(H,41,47)(H,42,48)(H,45,46)/t30?,31-,32?/m0/s1. The fourth-order valence-electron chi connectivity index (χ4n) is 5.56. The van der Waals surface area contributed by atoms with E-state index in [0.717, 1.165) is 5.56 Å². The highest BCUT2D eigenvalue weighted by molar-refractivity contribution is 5.96. The van der Waals surface area contributed by atoms with Crippen LogP contribution in [0.1, 0.15) is 37.8 Å². The van der Waals surface area contributed by atoms with Crippen molar-refractivity contribution in [2.45, 2.75) is 57.7 Å². The predicted octanol–water partition coefficient (Wildman–Crippen LogP) is 2.92. The molecule has 0 bridgehead atoms. The van der Waals surface area contributed by atoms with E-state index in [4.69, 9.17) is 9.47 Å². The second kappa shape index (κ2) is 19.6. The molecule has 52 heavy (non-hydrogen) atoms. The number of carbonyl (C=O) groups excluding carboxylic acids is 5. The lowest BCUT2D eigenvalue weighted by molar-refractivity contribution is -0.142. The molecule has 14 heteroatoms. The highest BCUT2D eigenvalue weighted by atomic mass is 16.6. The van der Waals surface area contributed by atoms with Gasteiger partial charge in [0.2, 0.25) is 23.6 Å². The van der Waals surface area contributed by atoms with Crippen LogP contribution in [-0.2, 0) is 41.6 Å². The largest absolute Gasteiger partial charge is 0.481 e. The van der Waals surface area contributed by atoms with E-state index in [-0.39, 0.29) is 31.1 Å². The number of amides is 5. The number of carboxylic acid groups (broad SMARTS) is 1. The van der Waals surface area contributed by atoms with Gasteiger partial charge in [-0.1, -0.05) is 74.5 Å². The van der Waals surface area contributed by atoms with Crippen molar-refractivity contribution in [3.05, 3.63) is 96.1 Å². The van der Waals surface area contributed by atoms with Crippen molar-refractivity contribution in [3.8, 4) is 5.75 Å². The first-order valence-electron chi connectivity index (χ1n) is 17.1. The van der Waals surface area contributed by atoms with Gasteiger partial charge in [0.05, 0.1) is 26.1 Å². The molecule has 3 atom stereocenters. The number of para-hydroxylation sites is 1. The van der Waals surface area contributed by atoms with Crippen molar-refractivity contribution in [3.63, 3.8) is 0 Å². The maximum atomic E-state index is 13.6. The van der Waals surface area contributed by atoms with Gasteiger partial charge in [-0.05, 0) is 47.7 Å². The Morgan fingerprint density at radius 3 is 1.96 bits per heavy atom. The molecule has 1 fully saturated rings. The minimum atomic E-state index is -1.53. The number of hydrogen-bond acceptors (Lipinski definition) is 8. The summed E-state index contributed by atoms with van der Waals surface area (Å²) in [6.07, 6.45) is -1.16. The lowest BCUT2D eigenvalue weighted by Crippen LogP contribution is -2.58. The van der Waals surface area contributed by atoms with Gasteiger partial charge in [-0.15, -0.1) is 0 Å². The summed E-state index contributed by atoms with van der Waals surface area (Å²) in [6.45, 7) is 5.10. The molecule has 0 radical (unpaired) electrons. The molecule has 0 aromatic heterocycles. The molecule has 2 unspecified atom stereocenters. The lowest BCUT2D eigenvalue weighted by atomic mass is 10.0. The Kier molecular flexibility index (Phi) is 14.7. The topological polar surface area (TPSA) is 192 Å². The zero-order valence-corrected chi connectivity index (χ0v) is 29.2. The molecule has 4 rings (SSSR count). The molecule has 5 N–H and O–H groups in total. The molecule has 0 aliphatic carbocycles. The molecule has 1 aliphatic rings. The minimum Gasteiger partial charge on any atom is -0.481 e. The van der Waals surface area contributed by atoms with Gasteiger partial charge in [-0.2, -0.15) is 0 Å². The quantitative estimate of drug-likeness (QED) is 0.148. The zero-order chi connectivity index (χ0) is 37.5. The third kappa shape index (κ3) is 12.8. The first-order chi connectivity index (χ1) is 25.0. The number of rotatable bonds is 16. The van der Waals surface area contributed by atoms with Crippen LogP contribution in [0.5, 0.6) is 5.75 Å². The number of nitrogens with one attached hydrogen (secondary N) is 4. The highest BCUT2D eigenvalue weighted by Crippen LogP contribution is 2.15. The molecule has 0 spiro atoms. The van der Waals surface area contributed by atoms with Crippen molar-refractivity contribution >= 4 is 41.4 Å². The summed E-state index contributed by atoms with van der Waals surface area (Å²) in [4.78, 5) is 79.4. The number of benzene rings is 3. The highest BCUT2D eigenvalue weighted by Gasteiger charge is 2.33. The Hall–Kier alpha value is -5.76. The molecule has 1 saturated heterocycles. The van der Waals surface area contributed by atoms with Crippen LogP contribution in [0, 0.1) is 5.92 Å². The van der Waals surface area contributed by atoms with Crippen LogP contribution in [0.3, 0.4) is 0 Å². The Morgan fingerprint density at radius 2 is 1.35 bits per heavy atom. The average Bonchev–Trinajstić information content (AvgIpc) is 3.12. The molecule has 276 valence electrons. The number of ether oxygens (including phenoxy) is 2. The smallest absolute Gasteiger partial charge is 0.417 e. The van der Waals surface area contributed by atoms with Gasteiger partial charge in [0, 0.05) is 25.2 Å². The third-order valence-electron chi connectivity index (χ3n) is 8.11. The average molecular weight is 716 g/mol. The van der Waals surface area contributed by atoms with E-state index in [0.29, 0.717) is 43.3 Å². The van der Waals surface area contributed by atoms with Crippen molar-refractivity contribution in [2.75, 3.05) is 31.6 Å². The number of aliphatic carboxylic acids is 1. The Morgan fingerprint density at radius 1 is 0.750 bits per heavy atom. The molecule has 3 aromatic carbocycles. The SMILES string of the molecule is CC(C)CC(NC(=O)Cc1ccc(NC(=O)Oc2ccccc2)cc1)C(=O)N[C@@H](CC(=O)O)C(=O)NC(Cc1ccccc1)C(=O)N1CCOCC1. The van der Waals surface area contributed by atoms with Crippen LogP contribution in [0.15, 0.2) is 84.9 Å². The van der Waals surface area contributed by atoms with E-state index in [9.17, 15) is 33.9 Å². The van der Waals surface area contributed by atoms with E-state index in [1.165, 1.54) is 0 Å². The van der Waals surface area contributed by atoms with Gasteiger partial charge in [0.1, 0.15) is 23.9 Å². The molecular formula is C38H45N5O9. The molecule has 0 saturated carbocycles. The summed E-state index contributed by atoms with van der Waals surface area (Å²) in [5, 5.41) is 20.2. The van der Waals surface area contributed by atoms with Crippen LogP contribution in [-0.4, -0.2) is 90.1 Å². The summed E-state index contributed by atoms with van der Waals surface area (Å²) >= 11 is 0. The molecule has 3 aromatic rings. The summed E-state index contributed by atoms with van der Waals surface area (Å²) in [5.74, 6) is -3.41. The van der Waals surface area contributed by atoms with Crippen molar-refractivity contribution in [1.29, 1.82) is 0 Å². The molecule has 14 nitrogen and oxygen atoms in total. The van der Waals surface area contributed by atoms with Crippen LogP contribution in [0.4, 0.5) is 10.5 Å². The van der Waals surface area contributed by atoms with Gasteiger partial charge >= 0.3 is 12.1 Å². The van der Waals surface area contributed by atoms with E-state index in [1.54, 1.807) is 59.5 Å². The Balaban J connectivity index is 1.39. The lowest BCUT2D eigenvalue weighted by Gasteiger charge is -2.31. The van der Waals surface area contributed by atoms with E-state index in [2.05, 4.69) is 21.3 Å². The Labute approximate surface area is 302 Å². The van der Waals surface area contributed by atoms with Crippen molar-refractivity contribution in [2.24, 2.45) is 5.92 Å². The molecule has 1 heterocycles. The molecular weight excluding hydrogens is 670 g/mol. The second-order valence-electron chi connectivity index (χ2n) is 12.8. The summed E-state index contributed by atoms with van der Waals surface area (Å²) < 4.78 is 10.6. The van der Waals surface area contributed by atoms with Crippen LogP contribution in [0.2, 0.25) is 0 Å². The van der Waals surface area contributed by atoms with E-state index in [1.807, 2.05) is 44.2 Å². The number of morpholine rings is 1. The summed E-state index contributed by atoms with van der Waals surface area (Å²) in [7, 11) is 0. The normalized spacial score (nSPS) is 14.3. The van der Waals surface area contributed by atoms with Crippen LogP contribution in [0.25, 0.3) is 0 Å². The maximum absolute atomic E-state index is 13.6. The maximum Gasteiger partial charge on any atom is 0.417 e. The van der Waals surface area contributed by atoms with E-state index >= 15 is 0 Å². The fraction of sp³-hybridized carbons (Fsp3) is 0.368. The van der Waals surface area contributed by atoms with E-state index < -0.39 is 54.3 Å². The second-order valence-corrected chi connectivity index (χ2v) is 12.8. The predicted molar refractivity (Wildman–Crippen MR) is 191 cm³/mol. The number of anilines is 1. The van der Waals surface area contributed by atoms with Gasteiger partial charge in [-0.3, -0.25) is 29.3 Å². The first-order valence-corrected chi connectivity index (χ1v) is 17.1. The zero-order valence-electron chi connectivity index (χ0n) is 29.2. The Bertz CT molecular complexity index is 1660. The molecule has 5 amide bonds. The minimum absolute atomic E-state index is 0.0507. The fourth-order valence-corrected chi connectivity index (χ4v) is 5.56. The third-order valence-corrected chi connectivity index (χ3v) is 8.11. The van der Waals surface area contributed by atoms with Crippen LogP contribution < -0.4 is 26.0 Å². The van der Waals surface area contributed by atoms with Gasteiger partial charge < -0.3 is 35.4 Å². The number of hydrogen-bond donors (Lipinski definition) is 5. The molecule has 1 aliphatic heterocycles. The van der Waals surface area contributed by atoms with Crippen molar-refractivity contribution < 1.29 is 43.3 Å². The van der Waals surface area contributed by atoms with Gasteiger partial charge in [0.15, 0.2) is 0 Å². The summed E-state index contributed by atoms with van der Waals surface area (Å²) in [6, 6.07) is 20.5. The van der Waals surface area contributed by atoms with Gasteiger partial charge in [-0.25, -0.2) is 4.79 Å². The first kappa shape index (κ1) is 39.0.